The Kier molecular flexibility index (Phi) is 4.07. The van der Waals surface area contributed by atoms with E-state index >= 15 is 0 Å². The van der Waals surface area contributed by atoms with Crippen LogP contribution in [0.3, 0.4) is 0 Å². The Morgan fingerprint density at radius 1 is 1.59 bits per heavy atom. The first-order valence-electron chi connectivity index (χ1n) is 5.45. The summed E-state index contributed by atoms with van der Waals surface area (Å²) in [6, 6.07) is 5.23. The lowest BCUT2D eigenvalue weighted by molar-refractivity contribution is 0.0866. The van der Waals surface area contributed by atoms with Crippen molar-refractivity contribution in [2.45, 2.75) is 25.5 Å². The van der Waals surface area contributed by atoms with E-state index in [2.05, 4.69) is 21.2 Å². The third kappa shape index (κ3) is 3.00. The molecule has 2 unspecified atom stereocenters. The highest BCUT2D eigenvalue weighted by Crippen LogP contribution is 2.23. The molecule has 1 amide bonds. The van der Waals surface area contributed by atoms with Gasteiger partial charge in [0.25, 0.3) is 5.91 Å². The first-order valence-corrected chi connectivity index (χ1v) is 6.62. The van der Waals surface area contributed by atoms with Crippen molar-refractivity contribution in [1.82, 2.24) is 5.32 Å². The number of halogens is 2. The SMILES string of the molecule is CC1OCCC1NC(=O)c1ccc(Cl)c(Br)c1. The number of nitrogens with one attached hydrogen (secondary N) is 1. The van der Waals surface area contributed by atoms with Crippen molar-refractivity contribution in [1.29, 1.82) is 0 Å². The summed E-state index contributed by atoms with van der Waals surface area (Å²) < 4.78 is 6.12. The molecule has 1 aromatic carbocycles. The van der Waals surface area contributed by atoms with E-state index in [9.17, 15) is 4.79 Å². The van der Waals surface area contributed by atoms with Crippen LogP contribution in [0.5, 0.6) is 0 Å². The minimum Gasteiger partial charge on any atom is -0.376 e. The van der Waals surface area contributed by atoms with Crippen LogP contribution < -0.4 is 5.32 Å². The summed E-state index contributed by atoms with van der Waals surface area (Å²) in [4.78, 5) is 12.0. The van der Waals surface area contributed by atoms with Gasteiger partial charge in [0.1, 0.15) is 0 Å². The van der Waals surface area contributed by atoms with E-state index in [-0.39, 0.29) is 18.1 Å². The topological polar surface area (TPSA) is 38.3 Å². The minimum atomic E-state index is -0.0929. The molecule has 1 aliphatic rings. The molecule has 2 rings (SSSR count). The molecule has 92 valence electrons. The lowest BCUT2D eigenvalue weighted by Crippen LogP contribution is -2.39. The Bertz CT molecular complexity index is 439. The molecule has 1 heterocycles. The lowest BCUT2D eigenvalue weighted by Gasteiger charge is -2.16. The molecule has 1 aliphatic heterocycles. The lowest BCUT2D eigenvalue weighted by atomic mass is 10.1. The number of ether oxygens (including phenoxy) is 1. The van der Waals surface area contributed by atoms with Gasteiger partial charge in [-0.15, -0.1) is 0 Å². The van der Waals surface area contributed by atoms with E-state index < -0.39 is 0 Å². The monoisotopic (exact) mass is 317 g/mol. The van der Waals surface area contributed by atoms with Crippen molar-refractivity contribution in [3.63, 3.8) is 0 Å². The van der Waals surface area contributed by atoms with Crippen molar-refractivity contribution in [3.05, 3.63) is 33.3 Å². The zero-order chi connectivity index (χ0) is 12.4. The third-order valence-electron chi connectivity index (χ3n) is 2.87. The molecule has 1 N–H and O–H groups in total. The summed E-state index contributed by atoms with van der Waals surface area (Å²) in [5.41, 5.74) is 0.598. The molecule has 17 heavy (non-hydrogen) atoms. The van der Waals surface area contributed by atoms with Gasteiger partial charge >= 0.3 is 0 Å². The first-order chi connectivity index (χ1) is 8.08. The Morgan fingerprint density at radius 3 is 2.94 bits per heavy atom. The van der Waals surface area contributed by atoms with Crippen molar-refractivity contribution in [2.75, 3.05) is 6.61 Å². The highest BCUT2D eigenvalue weighted by Gasteiger charge is 2.25. The highest BCUT2D eigenvalue weighted by molar-refractivity contribution is 9.10. The van der Waals surface area contributed by atoms with Crippen LogP contribution in [-0.2, 0) is 4.74 Å². The van der Waals surface area contributed by atoms with Crippen molar-refractivity contribution >= 4 is 33.4 Å². The molecular weight excluding hydrogens is 305 g/mol. The molecular formula is C12H13BrClNO2. The van der Waals surface area contributed by atoms with Gasteiger partial charge in [0.2, 0.25) is 0 Å². The summed E-state index contributed by atoms with van der Waals surface area (Å²) >= 11 is 9.18. The van der Waals surface area contributed by atoms with Crippen LogP contribution in [-0.4, -0.2) is 24.7 Å². The normalized spacial score (nSPS) is 23.7. The maximum absolute atomic E-state index is 12.0. The van der Waals surface area contributed by atoms with Gasteiger partial charge in [0, 0.05) is 16.6 Å². The summed E-state index contributed by atoms with van der Waals surface area (Å²) in [5.74, 6) is -0.0929. The predicted molar refractivity (Wildman–Crippen MR) is 70.4 cm³/mol. The van der Waals surface area contributed by atoms with Gasteiger partial charge in [-0.3, -0.25) is 4.79 Å². The number of carbonyl (C=O) groups excluding carboxylic acids is 1. The number of benzene rings is 1. The minimum absolute atomic E-state index is 0.0784. The van der Waals surface area contributed by atoms with Crippen molar-refractivity contribution in [2.24, 2.45) is 0 Å². The van der Waals surface area contributed by atoms with Gasteiger partial charge in [-0.2, -0.15) is 0 Å². The summed E-state index contributed by atoms with van der Waals surface area (Å²) in [5, 5.41) is 3.56. The van der Waals surface area contributed by atoms with Crippen LogP contribution in [0.4, 0.5) is 0 Å². The standard InChI is InChI=1S/C12H13BrClNO2/c1-7-11(4-5-17-7)15-12(16)8-2-3-10(14)9(13)6-8/h2-3,6-7,11H,4-5H2,1H3,(H,15,16). The fourth-order valence-corrected chi connectivity index (χ4v) is 2.31. The predicted octanol–water partition coefficient (Wildman–Crippen LogP) is 3.01. The molecule has 1 fully saturated rings. The van der Waals surface area contributed by atoms with Crippen LogP contribution in [0.15, 0.2) is 22.7 Å². The number of rotatable bonds is 2. The number of amides is 1. The average Bonchev–Trinajstić information content (AvgIpc) is 2.68. The summed E-state index contributed by atoms with van der Waals surface area (Å²) in [6.07, 6.45) is 0.941. The number of hydrogen-bond acceptors (Lipinski definition) is 2. The van der Waals surface area contributed by atoms with Crippen LogP contribution >= 0.6 is 27.5 Å². The Morgan fingerprint density at radius 2 is 2.35 bits per heavy atom. The van der Waals surface area contributed by atoms with Crippen LogP contribution in [0.25, 0.3) is 0 Å². The van der Waals surface area contributed by atoms with Gasteiger partial charge in [0.05, 0.1) is 17.2 Å². The largest absolute Gasteiger partial charge is 0.376 e. The second-order valence-corrected chi connectivity index (χ2v) is 5.33. The summed E-state index contributed by atoms with van der Waals surface area (Å²) in [7, 11) is 0. The van der Waals surface area contributed by atoms with E-state index in [1.165, 1.54) is 0 Å². The molecule has 0 aliphatic carbocycles. The van der Waals surface area contributed by atoms with Crippen molar-refractivity contribution in [3.8, 4) is 0 Å². The fraction of sp³-hybridized carbons (Fsp3) is 0.417. The molecule has 1 saturated heterocycles. The quantitative estimate of drug-likeness (QED) is 0.910. The van der Waals surface area contributed by atoms with Gasteiger partial charge in [-0.1, -0.05) is 11.6 Å². The molecule has 1 aromatic rings. The fourth-order valence-electron chi connectivity index (χ4n) is 1.81. The Hall–Kier alpha value is -0.580. The molecule has 0 spiro atoms. The van der Waals surface area contributed by atoms with Gasteiger partial charge < -0.3 is 10.1 Å². The second kappa shape index (κ2) is 5.38. The molecule has 0 aromatic heterocycles. The van der Waals surface area contributed by atoms with Crippen molar-refractivity contribution < 1.29 is 9.53 Å². The Labute approximate surface area is 114 Å². The molecule has 5 heteroatoms. The number of carbonyl (C=O) groups is 1. The molecule has 0 bridgehead atoms. The molecule has 2 atom stereocenters. The third-order valence-corrected chi connectivity index (χ3v) is 4.09. The maximum Gasteiger partial charge on any atom is 0.251 e. The zero-order valence-electron chi connectivity index (χ0n) is 9.37. The maximum atomic E-state index is 12.0. The molecule has 0 saturated carbocycles. The van der Waals surface area contributed by atoms with Crippen LogP contribution in [0.2, 0.25) is 5.02 Å². The van der Waals surface area contributed by atoms with Gasteiger partial charge in [0.15, 0.2) is 0 Å². The Balaban J connectivity index is 2.06. The first kappa shape index (κ1) is 12.9. The van der Waals surface area contributed by atoms with Gasteiger partial charge in [-0.05, 0) is 47.5 Å². The molecule has 0 radical (unpaired) electrons. The smallest absolute Gasteiger partial charge is 0.251 e. The second-order valence-electron chi connectivity index (χ2n) is 4.07. The van der Waals surface area contributed by atoms with Crippen LogP contribution in [0.1, 0.15) is 23.7 Å². The number of hydrogen-bond donors (Lipinski definition) is 1. The zero-order valence-corrected chi connectivity index (χ0v) is 11.7. The highest BCUT2D eigenvalue weighted by atomic mass is 79.9. The van der Waals surface area contributed by atoms with E-state index in [4.69, 9.17) is 16.3 Å². The van der Waals surface area contributed by atoms with Crippen LogP contribution in [0, 0.1) is 0 Å². The van der Waals surface area contributed by atoms with E-state index in [1.54, 1.807) is 18.2 Å². The van der Waals surface area contributed by atoms with E-state index in [0.29, 0.717) is 17.2 Å². The van der Waals surface area contributed by atoms with E-state index in [0.717, 1.165) is 10.9 Å². The average molecular weight is 319 g/mol. The molecule has 3 nitrogen and oxygen atoms in total. The van der Waals surface area contributed by atoms with E-state index in [1.807, 2.05) is 6.92 Å². The van der Waals surface area contributed by atoms with Gasteiger partial charge in [-0.25, -0.2) is 0 Å². The summed E-state index contributed by atoms with van der Waals surface area (Å²) in [6.45, 7) is 2.67.